The predicted octanol–water partition coefficient (Wildman–Crippen LogP) is 5.97. The Morgan fingerprint density at radius 1 is 0.970 bits per heavy atom. The molecular weight excluding hydrogens is 455 g/mol. The van der Waals surface area contributed by atoms with Gasteiger partial charge in [0.25, 0.3) is 0 Å². The molecule has 4 rings (SSSR count). The molecule has 0 unspecified atom stereocenters. The first-order chi connectivity index (χ1) is 16.0. The highest BCUT2D eigenvalue weighted by Crippen LogP contribution is 2.34. The summed E-state index contributed by atoms with van der Waals surface area (Å²) in [5.74, 6) is 0. The minimum absolute atomic E-state index is 0.165. The smallest absolute Gasteiger partial charge is 0.319 e. The van der Waals surface area contributed by atoms with Gasteiger partial charge in [-0.25, -0.2) is 4.79 Å². The Hall–Kier alpha value is -3.04. The number of carbonyl (C=O) groups is 1. The molecule has 5 nitrogen and oxygen atoms in total. The van der Waals surface area contributed by atoms with Crippen LogP contribution in [0.1, 0.15) is 24.0 Å². The molecule has 1 saturated heterocycles. The highest BCUT2D eigenvalue weighted by Gasteiger charge is 2.34. The molecule has 2 amide bonds. The molecular formula is C26H24Cl2N4O. The fraction of sp³-hybridized carbons (Fsp3) is 0.231. The van der Waals surface area contributed by atoms with Crippen LogP contribution in [0.5, 0.6) is 0 Å². The molecule has 0 spiro atoms. The standard InChI is InChI=1S/C26H24Cl2N4O/c27-22-13-23(28)15-24(14-22)32-25(33)31-17-26(8-10-30-11-9-26)21-6-4-19(5-7-21)20-3-1-2-18(12-20)16-29/h1-7,12-15,30H,8-11,17H2,(H2,31,32,33). The van der Waals surface area contributed by atoms with Crippen molar-refractivity contribution in [2.75, 3.05) is 25.0 Å². The lowest BCUT2D eigenvalue weighted by molar-refractivity contribution is 0.242. The molecule has 0 aliphatic carbocycles. The van der Waals surface area contributed by atoms with Crippen LogP contribution in [0.3, 0.4) is 0 Å². The average molecular weight is 479 g/mol. The molecule has 1 fully saturated rings. The second kappa shape index (κ2) is 10.3. The van der Waals surface area contributed by atoms with Gasteiger partial charge in [0.1, 0.15) is 0 Å². The van der Waals surface area contributed by atoms with E-state index in [9.17, 15) is 10.1 Å². The van der Waals surface area contributed by atoms with Crippen LogP contribution in [-0.2, 0) is 5.41 Å². The second-order valence-electron chi connectivity index (χ2n) is 8.27. The quantitative estimate of drug-likeness (QED) is 0.422. The van der Waals surface area contributed by atoms with Crippen LogP contribution in [0.15, 0.2) is 66.7 Å². The summed E-state index contributed by atoms with van der Waals surface area (Å²) in [6.07, 6.45) is 1.83. The van der Waals surface area contributed by atoms with Crippen LogP contribution in [0.4, 0.5) is 10.5 Å². The monoisotopic (exact) mass is 478 g/mol. The van der Waals surface area contributed by atoms with E-state index in [-0.39, 0.29) is 11.4 Å². The van der Waals surface area contributed by atoms with Crippen LogP contribution in [-0.4, -0.2) is 25.7 Å². The number of urea groups is 1. The van der Waals surface area contributed by atoms with E-state index in [2.05, 4.69) is 46.3 Å². The fourth-order valence-corrected chi connectivity index (χ4v) is 4.83. The predicted molar refractivity (Wildman–Crippen MR) is 134 cm³/mol. The topological polar surface area (TPSA) is 77.0 Å². The van der Waals surface area contributed by atoms with Crippen molar-refractivity contribution in [1.29, 1.82) is 5.26 Å². The van der Waals surface area contributed by atoms with Crippen molar-refractivity contribution in [1.82, 2.24) is 10.6 Å². The Balaban J connectivity index is 1.50. The maximum Gasteiger partial charge on any atom is 0.319 e. The van der Waals surface area contributed by atoms with Crippen molar-refractivity contribution in [3.8, 4) is 17.2 Å². The zero-order valence-corrected chi connectivity index (χ0v) is 19.5. The van der Waals surface area contributed by atoms with Gasteiger partial charge in [-0.05, 0) is 73.0 Å². The highest BCUT2D eigenvalue weighted by atomic mass is 35.5. The van der Waals surface area contributed by atoms with Crippen molar-refractivity contribution in [2.24, 2.45) is 0 Å². The summed E-state index contributed by atoms with van der Waals surface area (Å²) in [5.41, 5.74) is 4.29. The van der Waals surface area contributed by atoms with E-state index < -0.39 is 0 Å². The number of piperidine rings is 1. The molecule has 3 aromatic carbocycles. The molecule has 0 radical (unpaired) electrons. The molecule has 7 heteroatoms. The SMILES string of the molecule is N#Cc1cccc(-c2ccc(C3(CNC(=O)Nc4cc(Cl)cc(Cl)c4)CCNCC3)cc2)c1. The maximum atomic E-state index is 12.6. The lowest BCUT2D eigenvalue weighted by atomic mass is 9.73. The van der Waals surface area contributed by atoms with Crippen molar-refractivity contribution in [3.63, 3.8) is 0 Å². The largest absolute Gasteiger partial charge is 0.337 e. The average Bonchev–Trinajstić information content (AvgIpc) is 2.83. The number of hydrogen-bond donors (Lipinski definition) is 3. The molecule has 1 aliphatic heterocycles. The van der Waals surface area contributed by atoms with Gasteiger partial charge in [-0.15, -0.1) is 0 Å². The summed E-state index contributed by atoms with van der Waals surface area (Å²) in [5, 5.41) is 19.4. The molecule has 0 atom stereocenters. The molecule has 3 N–H and O–H groups in total. The van der Waals surface area contributed by atoms with E-state index in [1.54, 1.807) is 24.3 Å². The molecule has 1 aliphatic rings. The van der Waals surface area contributed by atoms with E-state index in [1.165, 1.54) is 5.56 Å². The molecule has 168 valence electrons. The van der Waals surface area contributed by atoms with Gasteiger partial charge >= 0.3 is 6.03 Å². The van der Waals surface area contributed by atoms with E-state index >= 15 is 0 Å². The van der Waals surface area contributed by atoms with E-state index in [1.807, 2.05) is 18.2 Å². The first-order valence-corrected chi connectivity index (χ1v) is 11.6. The first-order valence-electron chi connectivity index (χ1n) is 10.8. The third kappa shape index (κ3) is 5.66. The fourth-order valence-electron chi connectivity index (χ4n) is 4.31. The first kappa shape index (κ1) is 23.1. The zero-order valence-electron chi connectivity index (χ0n) is 18.0. The van der Waals surface area contributed by atoms with Crippen molar-refractivity contribution in [3.05, 3.63) is 87.9 Å². The normalized spacial score (nSPS) is 14.8. The number of anilines is 1. The summed E-state index contributed by atoms with van der Waals surface area (Å²) in [6.45, 7) is 2.29. The maximum absolute atomic E-state index is 12.6. The van der Waals surface area contributed by atoms with Gasteiger partial charge in [0, 0.05) is 27.7 Å². The number of amides is 2. The van der Waals surface area contributed by atoms with Gasteiger partial charge < -0.3 is 16.0 Å². The number of nitrogens with zero attached hydrogens (tertiary/aromatic N) is 1. The Kier molecular flexibility index (Phi) is 7.20. The number of nitrogens with one attached hydrogen (secondary N) is 3. The van der Waals surface area contributed by atoms with Gasteiger partial charge in [0.05, 0.1) is 11.6 Å². The molecule has 0 saturated carbocycles. The summed E-state index contributed by atoms with van der Waals surface area (Å²) >= 11 is 12.1. The Labute approximate surface area is 203 Å². The minimum Gasteiger partial charge on any atom is -0.337 e. The number of rotatable bonds is 5. The Morgan fingerprint density at radius 3 is 2.33 bits per heavy atom. The lowest BCUT2D eigenvalue weighted by Crippen LogP contribution is -2.48. The molecule has 33 heavy (non-hydrogen) atoms. The van der Waals surface area contributed by atoms with Gasteiger partial charge in [0.15, 0.2) is 0 Å². The third-order valence-corrected chi connectivity index (χ3v) is 6.53. The van der Waals surface area contributed by atoms with Gasteiger partial charge in [0.2, 0.25) is 0 Å². The third-order valence-electron chi connectivity index (χ3n) is 6.09. The van der Waals surface area contributed by atoms with Crippen molar-refractivity contribution < 1.29 is 4.79 Å². The number of carbonyl (C=O) groups excluding carboxylic acids is 1. The second-order valence-corrected chi connectivity index (χ2v) is 9.14. The Morgan fingerprint density at radius 2 is 1.67 bits per heavy atom. The van der Waals surface area contributed by atoms with Gasteiger partial charge in [-0.3, -0.25) is 0 Å². The van der Waals surface area contributed by atoms with E-state index in [0.29, 0.717) is 27.8 Å². The van der Waals surface area contributed by atoms with Crippen molar-refractivity contribution in [2.45, 2.75) is 18.3 Å². The molecule has 1 heterocycles. The van der Waals surface area contributed by atoms with Crippen LogP contribution >= 0.6 is 23.2 Å². The molecule has 3 aromatic rings. The summed E-state index contributed by atoms with van der Waals surface area (Å²) in [4.78, 5) is 12.6. The minimum atomic E-state index is -0.295. The number of nitriles is 1. The lowest BCUT2D eigenvalue weighted by Gasteiger charge is -2.38. The zero-order chi connectivity index (χ0) is 23.3. The van der Waals surface area contributed by atoms with E-state index in [4.69, 9.17) is 23.2 Å². The highest BCUT2D eigenvalue weighted by molar-refractivity contribution is 6.35. The van der Waals surface area contributed by atoms with Crippen LogP contribution < -0.4 is 16.0 Å². The van der Waals surface area contributed by atoms with Gasteiger partial charge in [-0.2, -0.15) is 5.26 Å². The summed E-state index contributed by atoms with van der Waals surface area (Å²) < 4.78 is 0. The number of halogens is 2. The molecule has 0 bridgehead atoms. The van der Waals surface area contributed by atoms with E-state index in [0.717, 1.165) is 37.1 Å². The Bertz CT molecular complexity index is 1160. The summed E-state index contributed by atoms with van der Waals surface area (Å²) in [6, 6.07) is 22.9. The van der Waals surface area contributed by atoms with Gasteiger partial charge in [-0.1, -0.05) is 59.6 Å². The number of hydrogen-bond acceptors (Lipinski definition) is 3. The van der Waals surface area contributed by atoms with Crippen LogP contribution in [0.25, 0.3) is 11.1 Å². The summed E-state index contributed by atoms with van der Waals surface area (Å²) in [7, 11) is 0. The molecule has 0 aromatic heterocycles. The number of benzene rings is 3. The van der Waals surface area contributed by atoms with Crippen LogP contribution in [0, 0.1) is 11.3 Å². The van der Waals surface area contributed by atoms with Crippen molar-refractivity contribution >= 4 is 34.9 Å². The van der Waals surface area contributed by atoms with Crippen LogP contribution in [0.2, 0.25) is 10.0 Å².